The minimum Gasteiger partial charge on any atom is -0.496 e. The fraction of sp³-hybridized carbons (Fsp3) is 0.571. The third kappa shape index (κ3) is 5.09. The minimum absolute atomic E-state index is 0.198. The molecule has 1 aromatic rings. The molecule has 0 spiro atoms. The summed E-state index contributed by atoms with van der Waals surface area (Å²) in [5.74, 6) is 1.39. The van der Waals surface area contributed by atoms with Crippen molar-refractivity contribution in [2.24, 2.45) is 5.92 Å². The SMILES string of the molecule is COc1ccc(CCC(O)CC(C)C)cc1Br. The number of halogens is 1. The van der Waals surface area contributed by atoms with Crippen LogP contribution in [-0.2, 0) is 6.42 Å². The van der Waals surface area contributed by atoms with Crippen molar-refractivity contribution in [3.8, 4) is 5.75 Å². The summed E-state index contributed by atoms with van der Waals surface area (Å²) >= 11 is 3.47. The van der Waals surface area contributed by atoms with Crippen LogP contribution >= 0.6 is 15.9 Å². The van der Waals surface area contributed by atoms with Crippen LogP contribution in [0, 0.1) is 5.92 Å². The summed E-state index contributed by atoms with van der Waals surface area (Å²) < 4.78 is 6.15. The Hall–Kier alpha value is -0.540. The number of rotatable bonds is 6. The van der Waals surface area contributed by atoms with Gasteiger partial charge in [0, 0.05) is 0 Å². The molecule has 0 aliphatic heterocycles. The Morgan fingerprint density at radius 2 is 2.06 bits per heavy atom. The molecule has 0 heterocycles. The summed E-state index contributed by atoms with van der Waals surface area (Å²) in [5.41, 5.74) is 1.22. The highest BCUT2D eigenvalue weighted by molar-refractivity contribution is 9.10. The van der Waals surface area contributed by atoms with E-state index in [1.807, 2.05) is 12.1 Å². The normalized spacial score (nSPS) is 12.8. The standard InChI is InChI=1S/C14H21BrO2/c1-10(2)8-12(16)6-4-11-5-7-14(17-3)13(15)9-11/h5,7,9-10,12,16H,4,6,8H2,1-3H3. The van der Waals surface area contributed by atoms with Gasteiger partial charge in [0.1, 0.15) is 5.75 Å². The van der Waals surface area contributed by atoms with Crippen molar-refractivity contribution in [2.45, 2.75) is 39.2 Å². The van der Waals surface area contributed by atoms with Gasteiger partial charge in [0.05, 0.1) is 17.7 Å². The van der Waals surface area contributed by atoms with Crippen LogP contribution in [0.5, 0.6) is 5.75 Å². The first-order valence-electron chi connectivity index (χ1n) is 6.03. The molecule has 96 valence electrons. The lowest BCUT2D eigenvalue weighted by Crippen LogP contribution is -2.11. The van der Waals surface area contributed by atoms with E-state index in [0.717, 1.165) is 29.5 Å². The molecule has 0 aromatic heterocycles. The molecule has 1 N–H and O–H groups in total. The molecule has 0 bridgehead atoms. The first kappa shape index (κ1) is 14.5. The minimum atomic E-state index is -0.198. The van der Waals surface area contributed by atoms with Gasteiger partial charge in [0.15, 0.2) is 0 Å². The van der Waals surface area contributed by atoms with Crippen LogP contribution in [0.3, 0.4) is 0 Å². The van der Waals surface area contributed by atoms with Gasteiger partial charge in [-0.15, -0.1) is 0 Å². The van der Waals surface area contributed by atoms with Crippen LogP contribution in [0.15, 0.2) is 22.7 Å². The van der Waals surface area contributed by atoms with Crippen molar-refractivity contribution < 1.29 is 9.84 Å². The second-order valence-corrected chi connectivity index (χ2v) is 5.65. The van der Waals surface area contributed by atoms with Gasteiger partial charge in [-0.2, -0.15) is 0 Å². The number of benzene rings is 1. The van der Waals surface area contributed by atoms with Crippen LogP contribution < -0.4 is 4.74 Å². The Labute approximate surface area is 112 Å². The highest BCUT2D eigenvalue weighted by atomic mass is 79.9. The molecule has 2 nitrogen and oxygen atoms in total. The number of hydrogen-bond acceptors (Lipinski definition) is 2. The first-order chi connectivity index (χ1) is 8.02. The third-order valence-electron chi connectivity index (χ3n) is 2.73. The maximum absolute atomic E-state index is 9.81. The van der Waals surface area contributed by atoms with Crippen LogP contribution in [0.4, 0.5) is 0 Å². The lowest BCUT2D eigenvalue weighted by Gasteiger charge is -2.13. The summed E-state index contributed by atoms with van der Waals surface area (Å²) in [6.45, 7) is 4.26. The molecule has 0 radical (unpaired) electrons. The first-order valence-corrected chi connectivity index (χ1v) is 6.82. The van der Waals surface area contributed by atoms with Crippen molar-refractivity contribution >= 4 is 15.9 Å². The van der Waals surface area contributed by atoms with Gasteiger partial charge in [0.2, 0.25) is 0 Å². The Balaban J connectivity index is 2.49. The smallest absolute Gasteiger partial charge is 0.133 e. The van der Waals surface area contributed by atoms with E-state index in [-0.39, 0.29) is 6.10 Å². The van der Waals surface area contributed by atoms with E-state index in [9.17, 15) is 5.11 Å². The molecule has 1 atom stereocenters. The lowest BCUT2D eigenvalue weighted by atomic mass is 10.00. The molecule has 1 unspecified atom stereocenters. The van der Waals surface area contributed by atoms with Crippen molar-refractivity contribution in [1.82, 2.24) is 0 Å². The molecule has 0 amide bonds. The van der Waals surface area contributed by atoms with E-state index < -0.39 is 0 Å². The van der Waals surface area contributed by atoms with Crippen molar-refractivity contribution in [3.63, 3.8) is 0 Å². The van der Waals surface area contributed by atoms with Gasteiger partial charge in [-0.3, -0.25) is 0 Å². The summed E-state index contributed by atoms with van der Waals surface area (Å²) in [4.78, 5) is 0. The number of aliphatic hydroxyl groups is 1. The number of methoxy groups -OCH3 is 1. The van der Waals surface area contributed by atoms with Crippen LogP contribution in [0.1, 0.15) is 32.3 Å². The summed E-state index contributed by atoms with van der Waals surface area (Å²) in [7, 11) is 1.66. The quantitative estimate of drug-likeness (QED) is 0.866. The fourth-order valence-corrected chi connectivity index (χ4v) is 2.45. The Morgan fingerprint density at radius 1 is 1.35 bits per heavy atom. The second kappa shape index (κ2) is 7.02. The highest BCUT2D eigenvalue weighted by Gasteiger charge is 2.08. The Kier molecular flexibility index (Phi) is 6.00. The van der Waals surface area contributed by atoms with E-state index in [1.54, 1.807) is 7.11 Å². The lowest BCUT2D eigenvalue weighted by molar-refractivity contribution is 0.139. The molecule has 1 aromatic carbocycles. The molecular weight excluding hydrogens is 280 g/mol. The van der Waals surface area contributed by atoms with Gasteiger partial charge in [-0.25, -0.2) is 0 Å². The van der Waals surface area contributed by atoms with Crippen molar-refractivity contribution in [3.05, 3.63) is 28.2 Å². The molecule has 0 saturated carbocycles. The summed E-state index contributed by atoms with van der Waals surface area (Å²) in [6, 6.07) is 6.06. The highest BCUT2D eigenvalue weighted by Crippen LogP contribution is 2.26. The van der Waals surface area contributed by atoms with Crippen LogP contribution in [0.25, 0.3) is 0 Å². The summed E-state index contributed by atoms with van der Waals surface area (Å²) in [5, 5.41) is 9.81. The molecule has 1 rings (SSSR count). The van der Waals surface area contributed by atoms with E-state index in [4.69, 9.17) is 4.74 Å². The topological polar surface area (TPSA) is 29.5 Å². The van der Waals surface area contributed by atoms with Gasteiger partial charge < -0.3 is 9.84 Å². The predicted molar refractivity (Wildman–Crippen MR) is 74.5 cm³/mol. The van der Waals surface area contributed by atoms with E-state index >= 15 is 0 Å². The fourth-order valence-electron chi connectivity index (χ4n) is 1.86. The van der Waals surface area contributed by atoms with Gasteiger partial charge in [0.25, 0.3) is 0 Å². The Bertz CT molecular complexity index is 350. The molecule has 0 fully saturated rings. The average Bonchev–Trinajstić information content (AvgIpc) is 2.25. The molecule has 0 saturated heterocycles. The maximum atomic E-state index is 9.81. The third-order valence-corrected chi connectivity index (χ3v) is 3.35. The summed E-state index contributed by atoms with van der Waals surface area (Å²) in [6.07, 6.45) is 2.39. The van der Waals surface area contributed by atoms with Gasteiger partial charge >= 0.3 is 0 Å². The van der Waals surface area contributed by atoms with E-state index in [1.165, 1.54) is 5.56 Å². The van der Waals surface area contributed by atoms with Crippen molar-refractivity contribution in [1.29, 1.82) is 0 Å². The zero-order valence-electron chi connectivity index (χ0n) is 10.7. The van der Waals surface area contributed by atoms with Gasteiger partial charge in [-0.1, -0.05) is 19.9 Å². The Morgan fingerprint density at radius 3 is 2.59 bits per heavy atom. The molecule has 0 aliphatic carbocycles. The van der Waals surface area contributed by atoms with Gasteiger partial charge in [-0.05, 0) is 58.8 Å². The predicted octanol–water partition coefficient (Wildman–Crippen LogP) is 3.80. The monoisotopic (exact) mass is 300 g/mol. The van der Waals surface area contributed by atoms with Crippen LogP contribution in [0.2, 0.25) is 0 Å². The zero-order chi connectivity index (χ0) is 12.8. The average molecular weight is 301 g/mol. The second-order valence-electron chi connectivity index (χ2n) is 4.79. The van der Waals surface area contributed by atoms with E-state index in [2.05, 4.69) is 35.8 Å². The molecule has 0 aliphatic rings. The number of ether oxygens (including phenoxy) is 1. The zero-order valence-corrected chi connectivity index (χ0v) is 12.3. The molecule has 3 heteroatoms. The molecule has 17 heavy (non-hydrogen) atoms. The largest absolute Gasteiger partial charge is 0.496 e. The maximum Gasteiger partial charge on any atom is 0.133 e. The van der Waals surface area contributed by atoms with Crippen molar-refractivity contribution in [2.75, 3.05) is 7.11 Å². The number of aliphatic hydroxyl groups excluding tert-OH is 1. The number of aryl methyl sites for hydroxylation is 1. The number of hydrogen-bond donors (Lipinski definition) is 1. The van der Waals surface area contributed by atoms with Crippen LogP contribution in [-0.4, -0.2) is 18.3 Å². The van der Waals surface area contributed by atoms with E-state index in [0.29, 0.717) is 5.92 Å². The molecular formula is C14H21BrO2.